The lowest BCUT2D eigenvalue weighted by Crippen LogP contribution is -2.24. The second kappa shape index (κ2) is 3.22. The molecule has 0 amide bonds. The lowest BCUT2D eigenvalue weighted by Gasteiger charge is -2.11. The van der Waals surface area contributed by atoms with Crippen LogP contribution in [0.3, 0.4) is 0 Å². The zero-order chi connectivity index (χ0) is 11.9. The summed E-state index contributed by atoms with van der Waals surface area (Å²) in [7, 11) is 0. The zero-order valence-electron chi connectivity index (χ0n) is 7.78. The van der Waals surface area contributed by atoms with Crippen molar-refractivity contribution >= 4 is 10.9 Å². The van der Waals surface area contributed by atoms with Crippen LogP contribution in [0.1, 0.15) is 5.82 Å². The molecule has 1 heterocycles. The van der Waals surface area contributed by atoms with E-state index < -0.39 is 17.5 Å². The number of benzene rings is 1. The molecule has 0 spiro atoms. The second-order valence-electron chi connectivity index (χ2n) is 3.11. The fourth-order valence-electron chi connectivity index (χ4n) is 1.37. The van der Waals surface area contributed by atoms with Crippen molar-refractivity contribution in [1.29, 1.82) is 5.41 Å². The normalized spacial score (nSPS) is 11.9. The molecular formula is C9H6F3N3O. The van der Waals surface area contributed by atoms with E-state index in [1.165, 1.54) is 18.2 Å². The molecule has 0 aliphatic carbocycles. The minimum absolute atomic E-state index is 0.0482. The summed E-state index contributed by atoms with van der Waals surface area (Å²) in [6.07, 6.45) is -4.80. The average molecular weight is 229 g/mol. The Balaban J connectivity index is 2.92. The third-order valence-corrected chi connectivity index (χ3v) is 2.06. The Morgan fingerprint density at radius 1 is 1.25 bits per heavy atom. The van der Waals surface area contributed by atoms with E-state index in [4.69, 9.17) is 5.41 Å². The number of hydrogen-bond donors (Lipinski definition) is 2. The van der Waals surface area contributed by atoms with Gasteiger partial charge in [0.05, 0.1) is 5.52 Å². The molecule has 1 aromatic heterocycles. The van der Waals surface area contributed by atoms with E-state index >= 15 is 0 Å². The maximum Gasteiger partial charge on any atom is 0.453 e. The van der Waals surface area contributed by atoms with E-state index in [0.717, 1.165) is 0 Å². The Hall–Kier alpha value is -2.05. The lowest BCUT2D eigenvalue weighted by atomic mass is 10.2. The first-order valence-electron chi connectivity index (χ1n) is 4.24. The van der Waals surface area contributed by atoms with Gasteiger partial charge in [-0.3, -0.25) is 5.41 Å². The fraction of sp³-hybridized carbons (Fsp3) is 0.111. The first kappa shape index (κ1) is 10.5. The van der Waals surface area contributed by atoms with Crippen molar-refractivity contribution in [3.05, 3.63) is 35.6 Å². The molecule has 7 heteroatoms. The van der Waals surface area contributed by atoms with Crippen molar-refractivity contribution in [2.24, 2.45) is 0 Å². The number of rotatable bonds is 0. The Morgan fingerprint density at radius 2 is 1.88 bits per heavy atom. The Labute approximate surface area is 87.1 Å². The predicted molar refractivity (Wildman–Crippen MR) is 47.8 cm³/mol. The van der Waals surface area contributed by atoms with Crippen molar-refractivity contribution in [2.75, 3.05) is 0 Å². The number of fused-ring (bicyclic) bond motifs is 1. The molecule has 0 saturated heterocycles. The van der Waals surface area contributed by atoms with Crippen molar-refractivity contribution in [1.82, 2.24) is 9.71 Å². The van der Waals surface area contributed by atoms with Gasteiger partial charge in [0.25, 0.3) is 5.82 Å². The molecule has 2 N–H and O–H groups in total. The molecule has 2 aromatic rings. The number of nitrogens with zero attached hydrogens (tertiary/aromatic N) is 2. The largest absolute Gasteiger partial charge is 0.453 e. The Kier molecular flexibility index (Phi) is 2.11. The number of nitrogens with one attached hydrogen (secondary N) is 1. The van der Waals surface area contributed by atoms with E-state index in [9.17, 15) is 18.4 Å². The van der Waals surface area contributed by atoms with Gasteiger partial charge in [-0.15, -0.1) is 0 Å². The summed E-state index contributed by atoms with van der Waals surface area (Å²) < 4.78 is 37.2. The molecule has 4 nitrogen and oxygen atoms in total. The quantitative estimate of drug-likeness (QED) is 0.676. The van der Waals surface area contributed by atoms with Crippen LogP contribution >= 0.6 is 0 Å². The van der Waals surface area contributed by atoms with E-state index in [0.29, 0.717) is 0 Å². The number of hydrogen-bond acceptors (Lipinski definition) is 3. The summed E-state index contributed by atoms with van der Waals surface area (Å²) in [4.78, 5) is 3.03. The summed E-state index contributed by atoms with van der Waals surface area (Å²) in [5, 5.41) is 16.9. The molecule has 16 heavy (non-hydrogen) atoms. The van der Waals surface area contributed by atoms with Gasteiger partial charge >= 0.3 is 6.18 Å². The highest BCUT2D eigenvalue weighted by molar-refractivity contribution is 5.77. The van der Waals surface area contributed by atoms with Crippen LogP contribution in [-0.4, -0.2) is 14.9 Å². The van der Waals surface area contributed by atoms with Crippen LogP contribution in [-0.2, 0) is 6.18 Å². The maximum atomic E-state index is 12.4. The molecule has 0 aliphatic heterocycles. The molecular weight excluding hydrogens is 223 g/mol. The molecule has 0 bridgehead atoms. The van der Waals surface area contributed by atoms with Crippen LogP contribution in [0.15, 0.2) is 24.3 Å². The number of aromatic nitrogens is 2. The molecule has 0 fully saturated rings. The third kappa shape index (κ3) is 1.50. The molecule has 1 aromatic carbocycles. The van der Waals surface area contributed by atoms with Crippen molar-refractivity contribution in [2.45, 2.75) is 6.18 Å². The summed E-state index contributed by atoms with van der Waals surface area (Å²) in [6, 6.07) is 5.71. The first-order valence-corrected chi connectivity index (χ1v) is 4.24. The minimum Gasteiger partial charge on any atom is -0.426 e. The SMILES string of the molecule is N=c1nc(C(F)(F)F)n(O)c2ccccc12. The van der Waals surface area contributed by atoms with Gasteiger partial charge in [0.15, 0.2) is 5.49 Å². The lowest BCUT2D eigenvalue weighted by molar-refractivity contribution is -0.155. The van der Waals surface area contributed by atoms with E-state index in [-0.39, 0.29) is 15.6 Å². The molecule has 0 aliphatic rings. The highest BCUT2D eigenvalue weighted by Gasteiger charge is 2.37. The Morgan fingerprint density at radius 3 is 2.50 bits per heavy atom. The van der Waals surface area contributed by atoms with E-state index in [1.54, 1.807) is 6.07 Å². The summed E-state index contributed by atoms with van der Waals surface area (Å²) in [6.45, 7) is 0. The molecule has 0 atom stereocenters. The minimum atomic E-state index is -4.80. The topological polar surface area (TPSA) is 61.9 Å². The standard InChI is InChI=1S/C9H6F3N3O/c10-9(11,12)8-14-7(13)5-3-1-2-4-6(5)15(8)16/h1-4,13,16H. The Bertz CT molecular complexity index is 603. The molecule has 2 rings (SSSR count). The van der Waals surface area contributed by atoms with E-state index in [1.807, 2.05) is 0 Å². The van der Waals surface area contributed by atoms with Gasteiger partial charge < -0.3 is 5.21 Å². The highest BCUT2D eigenvalue weighted by atomic mass is 19.4. The van der Waals surface area contributed by atoms with Crippen LogP contribution in [0.4, 0.5) is 13.2 Å². The molecule has 0 radical (unpaired) electrons. The second-order valence-corrected chi connectivity index (χ2v) is 3.11. The summed E-state index contributed by atoms with van der Waals surface area (Å²) in [5.41, 5.74) is -0.622. The van der Waals surface area contributed by atoms with Crippen LogP contribution in [0, 0.1) is 5.41 Å². The van der Waals surface area contributed by atoms with Gasteiger partial charge in [0.1, 0.15) is 0 Å². The predicted octanol–water partition coefficient (Wildman–Crippen LogP) is 1.77. The molecule has 0 saturated carbocycles. The van der Waals surface area contributed by atoms with Crippen LogP contribution < -0.4 is 5.49 Å². The third-order valence-electron chi connectivity index (χ3n) is 2.06. The van der Waals surface area contributed by atoms with Crippen LogP contribution in [0.25, 0.3) is 10.9 Å². The fourth-order valence-corrected chi connectivity index (χ4v) is 1.37. The summed E-state index contributed by atoms with van der Waals surface area (Å²) >= 11 is 0. The van der Waals surface area contributed by atoms with Crippen molar-refractivity contribution in [3.8, 4) is 0 Å². The maximum absolute atomic E-state index is 12.4. The van der Waals surface area contributed by atoms with Gasteiger partial charge in [-0.25, -0.2) is 4.98 Å². The smallest absolute Gasteiger partial charge is 0.426 e. The number of para-hydroxylation sites is 1. The number of alkyl halides is 3. The van der Waals surface area contributed by atoms with Crippen molar-refractivity contribution < 1.29 is 18.4 Å². The van der Waals surface area contributed by atoms with Crippen LogP contribution in [0.5, 0.6) is 0 Å². The van der Waals surface area contributed by atoms with Gasteiger partial charge in [0.2, 0.25) is 0 Å². The zero-order valence-corrected chi connectivity index (χ0v) is 7.78. The average Bonchev–Trinajstić information content (AvgIpc) is 2.22. The first-order chi connectivity index (χ1) is 7.41. The van der Waals surface area contributed by atoms with Crippen LogP contribution in [0.2, 0.25) is 0 Å². The van der Waals surface area contributed by atoms with Crippen molar-refractivity contribution in [3.63, 3.8) is 0 Å². The van der Waals surface area contributed by atoms with Gasteiger partial charge in [-0.2, -0.15) is 17.9 Å². The van der Waals surface area contributed by atoms with Gasteiger partial charge in [0, 0.05) is 5.39 Å². The highest BCUT2D eigenvalue weighted by Crippen LogP contribution is 2.27. The van der Waals surface area contributed by atoms with Gasteiger partial charge in [-0.05, 0) is 12.1 Å². The van der Waals surface area contributed by atoms with E-state index in [2.05, 4.69) is 4.98 Å². The monoisotopic (exact) mass is 229 g/mol. The molecule has 84 valence electrons. The summed E-state index contributed by atoms with van der Waals surface area (Å²) in [5.74, 6) is -1.50. The molecule has 0 unspecified atom stereocenters. The number of halogens is 3. The van der Waals surface area contributed by atoms with Gasteiger partial charge in [-0.1, -0.05) is 12.1 Å².